The number of anilines is 2. The Labute approximate surface area is 175 Å². The van der Waals surface area contributed by atoms with Gasteiger partial charge in [-0.2, -0.15) is 0 Å². The Morgan fingerprint density at radius 2 is 1.50 bits per heavy atom. The molecule has 1 saturated heterocycles. The molecule has 0 spiro atoms. The first-order valence-corrected chi connectivity index (χ1v) is 9.93. The van der Waals surface area contributed by atoms with E-state index in [9.17, 15) is 14.4 Å². The minimum atomic E-state index is -0.371. The van der Waals surface area contributed by atoms with Crippen molar-refractivity contribution in [2.75, 3.05) is 30.3 Å². The molecule has 1 fully saturated rings. The molecule has 3 rings (SSSR count). The Bertz CT molecular complexity index is 875. The Kier molecular flexibility index (Phi) is 7.40. The summed E-state index contributed by atoms with van der Waals surface area (Å²) in [5.41, 5.74) is 2.84. The van der Waals surface area contributed by atoms with Gasteiger partial charge in [0.05, 0.1) is 0 Å². The quantitative estimate of drug-likeness (QED) is 0.526. The molecule has 4 N–H and O–H groups in total. The normalized spacial score (nSPS) is 15.3. The van der Waals surface area contributed by atoms with Crippen molar-refractivity contribution in [2.45, 2.75) is 25.9 Å². The lowest BCUT2D eigenvalue weighted by Crippen LogP contribution is -2.39. The Balaban J connectivity index is 1.39. The van der Waals surface area contributed by atoms with Crippen molar-refractivity contribution in [1.82, 2.24) is 10.6 Å². The summed E-state index contributed by atoms with van der Waals surface area (Å²) in [5, 5.41) is 11.0. The maximum Gasteiger partial charge on any atom is 0.323 e. The number of urea groups is 1. The van der Waals surface area contributed by atoms with Gasteiger partial charge in [0.15, 0.2) is 0 Å². The minimum absolute atomic E-state index is 0.138. The van der Waals surface area contributed by atoms with Gasteiger partial charge >= 0.3 is 6.03 Å². The van der Waals surface area contributed by atoms with Crippen LogP contribution in [-0.2, 0) is 9.53 Å². The van der Waals surface area contributed by atoms with Gasteiger partial charge < -0.3 is 26.0 Å². The molecular formula is C22H26N4O4. The van der Waals surface area contributed by atoms with E-state index in [1.165, 1.54) is 0 Å². The topological polar surface area (TPSA) is 109 Å². The third-order valence-corrected chi connectivity index (χ3v) is 4.65. The van der Waals surface area contributed by atoms with Crippen molar-refractivity contribution in [1.29, 1.82) is 0 Å². The average Bonchev–Trinajstić information content (AvgIpc) is 3.28. The molecule has 0 saturated carbocycles. The smallest absolute Gasteiger partial charge is 0.323 e. The SMILES string of the molecule is Cc1ccc(NC(=O)Nc2ccc(C(=O)NCCNC(=O)C3CCCO3)cc2)cc1. The van der Waals surface area contributed by atoms with Crippen molar-refractivity contribution in [2.24, 2.45) is 0 Å². The maximum atomic E-state index is 12.2. The molecule has 0 bridgehead atoms. The summed E-state index contributed by atoms with van der Waals surface area (Å²) < 4.78 is 5.30. The molecule has 1 aliphatic heterocycles. The molecule has 30 heavy (non-hydrogen) atoms. The maximum absolute atomic E-state index is 12.2. The van der Waals surface area contributed by atoms with Gasteiger partial charge in [-0.3, -0.25) is 9.59 Å². The molecule has 1 unspecified atom stereocenters. The number of rotatable bonds is 7. The van der Waals surface area contributed by atoms with E-state index >= 15 is 0 Å². The highest BCUT2D eigenvalue weighted by molar-refractivity contribution is 6.00. The third kappa shape index (κ3) is 6.31. The zero-order valence-corrected chi connectivity index (χ0v) is 16.9. The summed E-state index contributed by atoms with van der Waals surface area (Å²) in [5.74, 6) is -0.391. The highest BCUT2D eigenvalue weighted by atomic mass is 16.5. The predicted octanol–water partition coefficient (Wildman–Crippen LogP) is 2.66. The minimum Gasteiger partial charge on any atom is -0.368 e. The highest BCUT2D eigenvalue weighted by Gasteiger charge is 2.22. The Morgan fingerprint density at radius 3 is 2.10 bits per heavy atom. The number of carbonyl (C=O) groups excluding carboxylic acids is 3. The van der Waals surface area contributed by atoms with Crippen molar-refractivity contribution in [3.8, 4) is 0 Å². The number of hydrogen-bond acceptors (Lipinski definition) is 4. The van der Waals surface area contributed by atoms with Crippen LogP contribution < -0.4 is 21.3 Å². The number of carbonyl (C=O) groups is 3. The summed E-state index contributed by atoms with van der Waals surface area (Å²) in [7, 11) is 0. The van der Waals surface area contributed by atoms with Crippen molar-refractivity contribution in [3.05, 3.63) is 59.7 Å². The number of amides is 4. The summed E-state index contributed by atoms with van der Waals surface area (Å²) in [6.07, 6.45) is 1.26. The predicted molar refractivity (Wildman–Crippen MR) is 115 cm³/mol. The van der Waals surface area contributed by atoms with Gasteiger partial charge in [0.25, 0.3) is 5.91 Å². The zero-order valence-electron chi connectivity index (χ0n) is 16.9. The van der Waals surface area contributed by atoms with Crippen LogP contribution in [0.25, 0.3) is 0 Å². The lowest BCUT2D eigenvalue weighted by molar-refractivity contribution is -0.129. The number of ether oxygens (including phenoxy) is 1. The van der Waals surface area contributed by atoms with E-state index in [4.69, 9.17) is 4.74 Å². The molecular weight excluding hydrogens is 384 g/mol. The van der Waals surface area contributed by atoms with Crippen LogP contribution in [0, 0.1) is 6.92 Å². The Hall–Kier alpha value is -3.39. The third-order valence-electron chi connectivity index (χ3n) is 4.65. The van der Waals surface area contributed by atoms with E-state index in [2.05, 4.69) is 21.3 Å². The monoisotopic (exact) mass is 410 g/mol. The first kappa shape index (κ1) is 21.3. The zero-order chi connectivity index (χ0) is 21.3. The molecule has 158 valence electrons. The van der Waals surface area contributed by atoms with Crippen LogP contribution in [-0.4, -0.2) is 43.6 Å². The van der Waals surface area contributed by atoms with Crippen LogP contribution in [0.5, 0.6) is 0 Å². The molecule has 1 atom stereocenters. The molecule has 4 amide bonds. The summed E-state index contributed by atoms with van der Waals surface area (Å²) in [4.78, 5) is 36.1. The molecule has 1 heterocycles. The first-order valence-electron chi connectivity index (χ1n) is 9.93. The van der Waals surface area contributed by atoms with Crippen molar-refractivity contribution >= 4 is 29.2 Å². The average molecular weight is 410 g/mol. The van der Waals surface area contributed by atoms with Crippen LogP contribution in [0.3, 0.4) is 0 Å². The largest absolute Gasteiger partial charge is 0.368 e. The Morgan fingerprint density at radius 1 is 0.900 bits per heavy atom. The van der Waals surface area contributed by atoms with E-state index in [1.807, 2.05) is 31.2 Å². The van der Waals surface area contributed by atoms with Gasteiger partial charge in [-0.05, 0) is 56.2 Å². The standard InChI is InChI=1S/C22H26N4O4/c1-15-4-8-17(9-5-15)25-22(29)26-18-10-6-16(7-11-18)20(27)23-12-13-24-21(28)19-3-2-14-30-19/h4-11,19H,2-3,12-14H2,1H3,(H,23,27)(H,24,28)(H2,25,26,29). The number of hydrogen-bond donors (Lipinski definition) is 4. The van der Waals surface area contributed by atoms with Gasteiger partial charge in [-0.1, -0.05) is 17.7 Å². The van der Waals surface area contributed by atoms with Gasteiger partial charge in [0.2, 0.25) is 5.91 Å². The summed E-state index contributed by atoms with van der Waals surface area (Å²) >= 11 is 0. The van der Waals surface area contributed by atoms with E-state index in [0.29, 0.717) is 36.6 Å². The molecule has 1 aliphatic rings. The molecule has 2 aromatic carbocycles. The fraction of sp³-hybridized carbons (Fsp3) is 0.318. The van der Waals surface area contributed by atoms with Crippen molar-refractivity contribution in [3.63, 3.8) is 0 Å². The van der Waals surface area contributed by atoms with Gasteiger partial charge in [0.1, 0.15) is 6.10 Å². The van der Waals surface area contributed by atoms with Crippen LogP contribution in [0.4, 0.5) is 16.2 Å². The number of aryl methyl sites for hydroxylation is 1. The fourth-order valence-corrected chi connectivity index (χ4v) is 3.00. The molecule has 0 radical (unpaired) electrons. The number of nitrogens with one attached hydrogen (secondary N) is 4. The van der Waals surface area contributed by atoms with E-state index < -0.39 is 0 Å². The molecule has 0 aromatic heterocycles. The highest BCUT2D eigenvalue weighted by Crippen LogP contribution is 2.13. The molecule has 8 heteroatoms. The van der Waals surface area contributed by atoms with E-state index in [1.54, 1.807) is 24.3 Å². The van der Waals surface area contributed by atoms with Crippen LogP contribution >= 0.6 is 0 Å². The second-order valence-corrected chi connectivity index (χ2v) is 7.07. The summed E-state index contributed by atoms with van der Waals surface area (Å²) in [6, 6.07) is 13.7. The van der Waals surface area contributed by atoms with Crippen molar-refractivity contribution < 1.29 is 19.1 Å². The van der Waals surface area contributed by atoms with Crippen LogP contribution in [0.2, 0.25) is 0 Å². The summed E-state index contributed by atoms with van der Waals surface area (Å²) in [6.45, 7) is 3.25. The fourth-order valence-electron chi connectivity index (χ4n) is 3.00. The van der Waals surface area contributed by atoms with Crippen LogP contribution in [0.15, 0.2) is 48.5 Å². The molecule has 8 nitrogen and oxygen atoms in total. The van der Waals surface area contributed by atoms with E-state index in [-0.39, 0.29) is 23.9 Å². The lowest BCUT2D eigenvalue weighted by Gasteiger charge is -2.11. The second kappa shape index (κ2) is 10.4. The van der Waals surface area contributed by atoms with E-state index in [0.717, 1.165) is 18.4 Å². The second-order valence-electron chi connectivity index (χ2n) is 7.07. The molecule has 0 aliphatic carbocycles. The molecule has 2 aromatic rings. The van der Waals surface area contributed by atoms with Gasteiger partial charge in [-0.15, -0.1) is 0 Å². The van der Waals surface area contributed by atoms with Gasteiger partial charge in [0, 0.05) is 36.6 Å². The number of benzene rings is 2. The van der Waals surface area contributed by atoms with Gasteiger partial charge in [-0.25, -0.2) is 4.79 Å². The van der Waals surface area contributed by atoms with Crippen LogP contribution in [0.1, 0.15) is 28.8 Å². The first-order chi connectivity index (χ1) is 14.5. The lowest BCUT2D eigenvalue weighted by atomic mass is 10.2.